The summed E-state index contributed by atoms with van der Waals surface area (Å²) in [5.74, 6) is 1.47. The van der Waals surface area contributed by atoms with Crippen molar-refractivity contribution in [2.45, 2.75) is 39.8 Å². The van der Waals surface area contributed by atoms with E-state index in [0.29, 0.717) is 12.3 Å². The van der Waals surface area contributed by atoms with Crippen LogP contribution in [0, 0.1) is 6.92 Å². The molecule has 0 aromatic carbocycles. The second kappa shape index (κ2) is 6.36. The molecule has 0 saturated heterocycles. The number of rotatable bonds is 7. The molecule has 1 unspecified atom stereocenters. The van der Waals surface area contributed by atoms with Crippen LogP contribution in [0.4, 0.5) is 0 Å². The van der Waals surface area contributed by atoms with Gasteiger partial charge >= 0.3 is 0 Å². The lowest BCUT2D eigenvalue weighted by molar-refractivity contribution is 0.441. The zero-order valence-corrected chi connectivity index (χ0v) is 12.2. The van der Waals surface area contributed by atoms with Crippen LogP contribution in [0.2, 0.25) is 0 Å². The van der Waals surface area contributed by atoms with Gasteiger partial charge in [-0.05, 0) is 26.0 Å². The van der Waals surface area contributed by atoms with E-state index in [1.54, 1.807) is 13.0 Å². The number of hydrogen-bond acceptors (Lipinski definition) is 4. The number of sulfonamides is 1. The van der Waals surface area contributed by atoms with E-state index < -0.39 is 10.0 Å². The van der Waals surface area contributed by atoms with Crippen LogP contribution >= 0.6 is 0 Å². The summed E-state index contributed by atoms with van der Waals surface area (Å²) in [5, 5.41) is 3.08. The lowest BCUT2D eigenvalue weighted by atomic mass is 10.3. The zero-order valence-electron chi connectivity index (χ0n) is 11.4. The van der Waals surface area contributed by atoms with Gasteiger partial charge in [0.1, 0.15) is 11.5 Å². The van der Waals surface area contributed by atoms with E-state index >= 15 is 0 Å². The molecule has 0 aliphatic carbocycles. The summed E-state index contributed by atoms with van der Waals surface area (Å²) in [4.78, 5) is 0. The van der Waals surface area contributed by atoms with E-state index in [2.05, 4.69) is 10.0 Å². The van der Waals surface area contributed by atoms with Crippen molar-refractivity contribution in [3.8, 4) is 0 Å². The molecule has 0 saturated carbocycles. The third-order valence-corrected chi connectivity index (χ3v) is 3.92. The molecule has 1 heterocycles. The van der Waals surface area contributed by atoms with E-state index in [0.717, 1.165) is 5.76 Å². The Morgan fingerprint density at radius 3 is 2.44 bits per heavy atom. The minimum atomic E-state index is -3.29. The molecule has 104 valence electrons. The SMILES string of the molecule is Cc1ccc(C(C)NS(=O)(=O)CCNC(C)C)o1. The summed E-state index contributed by atoms with van der Waals surface area (Å²) in [5.41, 5.74) is 0. The van der Waals surface area contributed by atoms with Crippen molar-refractivity contribution >= 4 is 10.0 Å². The van der Waals surface area contributed by atoms with Gasteiger partial charge in [-0.15, -0.1) is 0 Å². The van der Waals surface area contributed by atoms with E-state index in [-0.39, 0.29) is 17.8 Å². The van der Waals surface area contributed by atoms with Crippen molar-refractivity contribution in [3.05, 3.63) is 23.7 Å². The second-order valence-corrected chi connectivity index (χ2v) is 6.59. The van der Waals surface area contributed by atoms with Gasteiger partial charge in [0, 0.05) is 12.6 Å². The summed E-state index contributed by atoms with van der Waals surface area (Å²) < 4.78 is 31.6. The van der Waals surface area contributed by atoms with Gasteiger partial charge in [0.05, 0.1) is 11.8 Å². The fourth-order valence-electron chi connectivity index (χ4n) is 1.55. The number of hydrogen-bond donors (Lipinski definition) is 2. The van der Waals surface area contributed by atoms with Crippen LogP contribution in [0.5, 0.6) is 0 Å². The molecule has 0 bridgehead atoms. The molecule has 0 aliphatic heterocycles. The van der Waals surface area contributed by atoms with Crippen molar-refractivity contribution in [3.63, 3.8) is 0 Å². The maximum atomic E-state index is 11.8. The second-order valence-electron chi connectivity index (χ2n) is 4.72. The van der Waals surface area contributed by atoms with Crippen LogP contribution < -0.4 is 10.0 Å². The number of nitrogens with one attached hydrogen (secondary N) is 2. The van der Waals surface area contributed by atoms with Gasteiger partial charge in [-0.25, -0.2) is 13.1 Å². The van der Waals surface area contributed by atoms with Gasteiger partial charge in [-0.2, -0.15) is 0 Å². The predicted molar refractivity (Wildman–Crippen MR) is 71.9 cm³/mol. The molecule has 1 aromatic rings. The Morgan fingerprint density at radius 1 is 1.28 bits per heavy atom. The molecule has 0 spiro atoms. The molecule has 1 aromatic heterocycles. The fraction of sp³-hybridized carbons (Fsp3) is 0.667. The van der Waals surface area contributed by atoms with Crippen LogP contribution in [0.15, 0.2) is 16.5 Å². The summed E-state index contributed by atoms with van der Waals surface area (Å²) in [6.07, 6.45) is 0. The van der Waals surface area contributed by atoms with Gasteiger partial charge in [0.25, 0.3) is 0 Å². The van der Waals surface area contributed by atoms with Crippen LogP contribution in [-0.2, 0) is 10.0 Å². The maximum Gasteiger partial charge on any atom is 0.213 e. The molecule has 2 N–H and O–H groups in total. The first-order valence-corrected chi connectivity index (χ1v) is 7.75. The molecule has 0 aliphatic rings. The van der Waals surface area contributed by atoms with E-state index in [1.807, 2.05) is 26.8 Å². The Balaban J connectivity index is 2.50. The molecule has 1 rings (SSSR count). The average Bonchev–Trinajstić information content (AvgIpc) is 2.63. The Bertz CT molecular complexity index is 465. The summed E-state index contributed by atoms with van der Waals surface area (Å²) in [7, 11) is -3.29. The van der Waals surface area contributed by atoms with Crippen LogP contribution in [-0.4, -0.2) is 26.8 Å². The van der Waals surface area contributed by atoms with E-state index in [4.69, 9.17) is 4.42 Å². The standard InChI is InChI=1S/C12H22N2O3S/c1-9(2)13-7-8-18(15,16)14-11(4)12-6-5-10(3)17-12/h5-6,9,11,13-14H,7-8H2,1-4H3. The van der Waals surface area contributed by atoms with Gasteiger partial charge in [-0.1, -0.05) is 13.8 Å². The zero-order chi connectivity index (χ0) is 13.8. The molecule has 1 atom stereocenters. The summed E-state index contributed by atoms with van der Waals surface area (Å²) in [6.45, 7) is 8.00. The third kappa shape index (κ3) is 5.20. The molecule has 0 radical (unpaired) electrons. The Hall–Kier alpha value is -0.850. The van der Waals surface area contributed by atoms with Gasteiger partial charge in [0.2, 0.25) is 10.0 Å². The molecule has 0 amide bonds. The fourth-order valence-corrected chi connectivity index (χ4v) is 2.71. The van der Waals surface area contributed by atoms with Gasteiger partial charge in [-0.3, -0.25) is 0 Å². The lowest BCUT2D eigenvalue weighted by Crippen LogP contribution is -2.35. The molecule has 6 heteroatoms. The normalized spacial score (nSPS) is 14.1. The van der Waals surface area contributed by atoms with Crippen LogP contribution in [0.1, 0.15) is 38.3 Å². The number of furan rings is 1. The summed E-state index contributed by atoms with van der Waals surface area (Å²) in [6, 6.07) is 3.54. The van der Waals surface area contributed by atoms with Crippen molar-refractivity contribution in [2.75, 3.05) is 12.3 Å². The highest BCUT2D eigenvalue weighted by molar-refractivity contribution is 7.89. The highest BCUT2D eigenvalue weighted by Crippen LogP contribution is 2.16. The van der Waals surface area contributed by atoms with Crippen molar-refractivity contribution in [2.24, 2.45) is 0 Å². The van der Waals surface area contributed by atoms with Crippen LogP contribution in [0.25, 0.3) is 0 Å². The molecule has 5 nitrogen and oxygen atoms in total. The van der Waals surface area contributed by atoms with Crippen molar-refractivity contribution in [1.82, 2.24) is 10.0 Å². The first-order chi connectivity index (χ1) is 8.30. The van der Waals surface area contributed by atoms with Crippen molar-refractivity contribution in [1.29, 1.82) is 0 Å². The highest BCUT2D eigenvalue weighted by atomic mass is 32.2. The first kappa shape index (κ1) is 15.2. The monoisotopic (exact) mass is 274 g/mol. The predicted octanol–water partition coefficient (Wildman–Crippen LogP) is 1.57. The van der Waals surface area contributed by atoms with Gasteiger partial charge < -0.3 is 9.73 Å². The Labute approximate surface area is 109 Å². The lowest BCUT2D eigenvalue weighted by Gasteiger charge is -2.13. The van der Waals surface area contributed by atoms with E-state index in [1.165, 1.54) is 0 Å². The van der Waals surface area contributed by atoms with E-state index in [9.17, 15) is 8.42 Å². The largest absolute Gasteiger partial charge is 0.465 e. The quantitative estimate of drug-likeness (QED) is 0.791. The molecular weight excluding hydrogens is 252 g/mol. The third-order valence-electron chi connectivity index (χ3n) is 2.47. The highest BCUT2D eigenvalue weighted by Gasteiger charge is 2.17. The molecular formula is C12H22N2O3S. The minimum Gasteiger partial charge on any atom is -0.465 e. The average molecular weight is 274 g/mol. The Kier molecular flexibility index (Phi) is 5.37. The Morgan fingerprint density at radius 2 is 1.94 bits per heavy atom. The smallest absolute Gasteiger partial charge is 0.213 e. The topological polar surface area (TPSA) is 71.3 Å². The van der Waals surface area contributed by atoms with Gasteiger partial charge in [0.15, 0.2) is 0 Å². The van der Waals surface area contributed by atoms with Crippen LogP contribution in [0.3, 0.4) is 0 Å². The number of aryl methyl sites for hydroxylation is 1. The maximum absolute atomic E-state index is 11.8. The van der Waals surface area contributed by atoms with Crippen molar-refractivity contribution < 1.29 is 12.8 Å². The minimum absolute atomic E-state index is 0.0647. The molecule has 0 fully saturated rings. The first-order valence-electron chi connectivity index (χ1n) is 6.10. The molecule has 18 heavy (non-hydrogen) atoms. The summed E-state index contributed by atoms with van der Waals surface area (Å²) >= 11 is 0.